The SMILES string of the molecule is C#C[C@](C)(CC)NC(=O)NC(=O)[C@@H](Cl)c1ccccc1. The summed E-state index contributed by atoms with van der Waals surface area (Å²) in [5, 5.41) is 3.82. The molecular formula is C15H17ClN2O2. The summed E-state index contributed by atoms with van der Waals surface area (Å²) in [5.74, 6) is 1.89. The zero-order chi connectivity index (χ0) is 15.2. The maximum Gasteiger partial charge on any atom is 0.322 e. The van der Waals surface area contributed by atoms with Gasteiger partial charge in [0, 0.05) is 0 Å². The van der Waals surface area contributed by atoms with Gasteiger partial charge in [-0.3, -0.25) is 10.1 Å². The van der Waals surface area contributed by atoms with Crippen molar-refractivity contribution in [3.8, 4) is 12.3 Å². The van der Waals surface area contributed by atoms with Gasteiger partial charge in [-0.15, -0.1) is 18.0 Å². The zero-order valence-corrected chi connectivity index (χ0v) is 12.2. The Balaban J connectivity index is 2.63. The first-order valence-corrected chi connectivity index (χ1v) is 6.65. The molecule has 0 radical (unpaired) electrons. The first-order valence-electron chi connectivity index (χ1n) is 6.21. The average molecular weight is 293 g/mol. The third-order valence-electron chi connectivity index (χ3n) is 2.97. The second-order valence-corrected chi connectivity index (χ2v) is 4.98. The Labute approximate surface area is 123 Å². The molecule has 0 spiro atoms. The molecule has 0 unspecified atom stereocenters. The van der Waals surface area contributed by atoms with Crippen LogP contribution in [0.2, 0.25) is 0 Å². The van der Waals surface area contributed by atoms with Crippen molar-refractivity contribution in [1.29, 1.82) is 0 Å². The summed E-state index contributed by atoms with van der Waals surface area (Å²) < 4.78 is 0. The van der Waals surface area contributed by atoms with Gasteiger partial charge >= 0.3 is 6.03 Å². The predicted octanol–water partition coefficient (Wildman–Crippen LogP) is 2.59. The molecule has 2 atom stereocenters. The Kier molecular flexibility index (Phi) is 5.60. The standard InChI is InChI=1S/C15H17ClN2O2/c1-4-15(3,5-2)18-14(20)17-13(19)12(16)11-9-7-6-8-10-11/h1,6-10,12H,5H2,2-3H3,(H2,17,18,19,20)/t12-,15+/m0/s1. The Morgan fingerprint density at radius 1 is 1.40 bits per heavy atom. The molecule has 20 heavy (non-hydrogen) atoms. The van der Waals surface area contributed by atoms with Crippen LogP contribution in [-0.2, 0) is 4.79 Å². The van der Waals surface area contributed by atoms with Crippen molar-refractivity contribution in [3.05, 3.63) is 35.9 Å². The fraction of sp³-hybridized carbons (Fsp3) is 0.333. The minimum Gasteiger partial charge on any atom is -0.322 e. The summed E-state index contributed by atoms with van der Waals surface area (Å²) in [5.41, 5.74) is -0.173. The third-order valence-corrected chi connectivity index (χ3v) is 3.42. The number of nitrogens with one attached hydrogen (secondary N) is 2. The van der Waals surface area contributed by atoms with E-state index < -0.39 is 22.9 Å². The molecule has 1 rings (SSSR count). The lowest BCUT2D eigenvalue weighted by Crippen LogP contribution is -2.51. The Hall–Kier alpha value is -1.99. The van der Waals surface area contributed by atoms with Gasteiger partial charge in [0.05, 0.1) is 5.54 Å². The topological polar surface area (TPSA) is 58.2 Å². The van der Waals surface area contributed by atoms with Crippen LogP contribution in [0.4, 0.5) is 4.79 Å². The summed E-state index contributed by atoms with van der Waals surface area (Å²) in [4.78, 5) is 23.6. The fourth-order valence-electron chi connectivity index (χ4n) is 1.46. The quantitative estimate of drug-likeness (QED) is 0.662. The number of halogens is 1. The number of urea groups is 1. The highest BCUT2D eigenvalue weighted by atomic mass is 35.5. The molecule has 0 aliphatic rings. The summed E-state index contributed by atoms with van der Waals surface area (Å²) in [7, 11) is 0. The van der Waals surface area contributed by atoms with Crippen LogP contribution in [0.5, 0.6) is 0 Å². The number of benzene rings is 1. The molecule has 0 aliphatic carbocycles. The van der Waals surface area contributed by atoms with Gasteiger partial charge in [-0.2, -0.15) is 0 Å². The van der Waals surface area contributed by atoms with E-state index in [2.05, 4.69) is 16.6 Å². The second kappa shape index (κ2) is 6.97. The first kappa shape index (κ1) is 16.1. The molecule has 0 bridgehead atoms. The normalized spacial score (nSPS) is 14.5. The van der Waals surface area contributed by atoms with Crippen molar-refractivity contribution in [2.24, 2.45) is 0 Å². The fourth-order valence-corrected chi connectivity index (χ4v) is 1.66. The number of amides is 3. The van der Waals surface area contributed by atoms with Crippen molar-refractivity contribution in [3.63, 3.8) is 0 Å². The predicted molar refractivity (Wildman–Crippen MR) is 79.2 cm³/mol. The maximum absolute atomic E-state index is 11.9. The Bertz CT molecular complexity index is 524. The highest BCUT2D eigenvalue weighted by molar-refractivity contribution is 6.31. The molecule has 0 saturated carbocycles. The highest BCUT2D eigenvalue weighted by Crippen LogP contribution is 2.19. The van der Waals surface area contributed by atoms with E-state index in [1.54, 1.807) is 31.2 Å². The smallest absolute Gasteiger partial charge is 0.322 e. The van der Waals surface area contributed by atoms with E-state index in [4.69, 9.17) is 18.0 Å². The Morgan fingerprint density at radius 3 is 2.50 bits per heavy atom. The van der Waals surface area contributed by atoms with Gasteiger partial charge < -0.3 is 5.32 Å². The number of alkyl halides is 1. The lowest BCUT2D eigenvalue weighted by molar-refractivity contribution is -0.119. The molecule has 2 N–H and O–H groups in total. The largest absolute Gasteiger partial charge is 0.322 e. The lowest BCUT2D eigenvalue weighted by Gasteiger charge is -2.23. The van der Waals surface area contributed by atoms with Gasteiger partial charge in [0.1, 0.15) is 5.38 Å². The monoisotopic (exact) mass is 292 g/mol. The zero-order valence-electron chi connectivity index (χ0n) is 11.4. The number of hydrogen-bond acceptors (Lipinski definition) is 2. The van der Waals surface area contributed by atoms with Crippen molar-refractivity contribution < 1.29 is 9.59 Å². The van der Waals surface area contributed by atoms with Crippen LogP contribution >= 0.6 is 11.6 Å². The van der Waals surface area contributed by atoms with Crippen LogP contribution in [0.25, 0.3) is 0 Å². The number of terminal acetylenes is 1. The van der Waals surface area contributed by atoms with Crippen LogP contribution in [0.3, 0.4) is 0 Å². The van der Waals surface area contributed by atoms with Crippen LogP contribution in [0.1, 0.15) is 31.2 Å². The van der Waals surface area contributed by atoms with Crippen molar-refractivity contribution >= 4 is 23.5 Å². The van der Waals surface area contributed by atoms with E-state index in [0.29, 0.717) is 12.0 Å². The summed E-state index contributed by atoms with van der Waals surface area (Å²) >= 11 is 6.01. The average Bonchev–Trinajstić information content (AvgIpc) is 2.46. The number of carbonyl (C=O) groups is 2. The van der Waals surface area contributed by atoms with E-state index in [-0.39, 0.29) is 0 Å². The van der Waals surface area contributed by atoms with E-state index in [9.17, 15) is 9.59 Å². The van der Waals surface area contributed by atoms with Gasteiger partial charge in [0.2, 0.25) is 0 Å². The summed E-state index contributed by atoms with van der Waals surface area (Å²) in [6.45, 7) is 3.54. The number of hydrogen-bond donors (Lipinski definition) is 2. The molecule has 106 valence electrons. The minimum absolute atomic E-state index is 0.550. The van der Waals surface area contributed by atoms with Gasteiger partial charge in [0.15, 0.2) is 0 Å². The Morgan fingerprint density at radius 2 is 2.00 bits per heavy atom. The van der Waals surface area contributed by atoms with Crippen LogP contribution in [0.15, 0.2) is 30.3 Å². The molecule has 5 heteroatoms. The molecule has 0 aliphatic heterocycles. The molecule has 0 heterocycles. The van der Waals surface area contributed by atoms with Gasteiger partial charge in [-0.1, -0.05) is 43.2 Å². The molecule has 0 saturated heterocycles. The van der Waals surface area contributed by atoms with Crippen molar-refractivity contribution in [1.82, 2.24) is 10.6 Å². The summed E-state index contributed by atoms with van der Waals surface area (Å²) in [6, 6.07) is 8.13. The van der Waals surface area contributed by atoms with Crippen LogP contribution in [0, 0.1) is 12.3 Å². The van der Waals surface area contributed by atoms with E-state index >= 15 is 0 Å². The van der Waals surface area contributed by atoms with Crippen molar-refractivity contribution in [2.45, 2.75) is 31.2 Å². The minimum atomic E-state index is -0.930. The maximum atomic E-state index is 11.9. The summed E-state index contributed by atoms with van der Waals surface area (Å²) in [6.07, 6.45) is 5.89. The van der Waals surface area contributed by atoms with Crippen molar-refractivity contribution in [2.75, 3.05) is 0 Å². The van der Waals surface area contributed by atoms with Gasteiger partial charge in [0.25, 0.3) is 5.91 Å². The van der Waals surface area contributed by atoms with Gasteiger partial charge in [-0.05, 0) is 18.9 Å². The van der Waals surface area contributed by atoms with E-state index in [1.807, 2.05) is 13.0 Å². The molecule has 0 fully saturated rings. The second-order valence-electron chi connectivity index (χ2n) is 4.55. The number of carbonyl (C=O) groups excluding carboxylic acids is 2. The molecule has 4 nitrogen and oxygen atoms in total. The molecule has 1 aromatic rings. The first-order chi connectivity index (χ1) is 9.41. The molecule has 3 amide bonds. The molecular weight excluding hydrogens is 276 g/mol. The van der Waals surface area contributed by atoms with Crippen LogP contribution in [-0.4, -0.2) is 17.5 Å². The van der Waals surface area contributed by atoms with E-state index in [0.717, 1.165) is 0 Å². The van der Waals surface area contributed by atoms with E-state index in [1.165, 1.54) is 0 Å². The molecule has 1 aromatic carbocycles. The van der Waals surface area contributed by atoms with Gasteiger partial charge in [-0.25, -0.2) is 4.79 Å². The van der Waals surface area contributed by atoms with Crippen LogP contribution < -0.4 is 10.6 Å². The lowest BCUT2D eigenvalue weighted by atomic mass is 10.0. The third kappa shape index (κ3) is 4.29. The number of imide groups is 1. The highest BCUT2D eigenvalue weighted by Gasteiger charge is 2.24. The molecule has 0 aromatic heterocycles. The number of rotatable bonds is 4.